The van der Waals surface area contributed by atoms with Gasteiger partial charge in [0.25, 0.3) is 5.91 Å². The number of alkyl halides is 2. The Labute approximate surface area is 148 Å². The van der Waals surface area contributed by atoms with Crippen LogP contribution < -0.4 is 5.32 Å². The molecule has 0 bridgehead atoms. The van der Waals surface area contributed by atoms with E-state index in [-0.39, 0.29) is 23.7 Å². The number of morpholine rings is 1. The minimum atomic E-state index is -3.62. The Hall–Kier alpha value is -2.37. The molecule has 1 aromatic carbocycles. The summed E-state index contributed by atoms with van der Waals surface area (Å²) in [4.78, 5) is 12.1. The molecule has 3 rings (SSSR count). The van der Waals surface area contributed by atoms with Gasteiger partial charge < -0.3 is 10.1 Å². The number of anilines is 1. The second-order valence-electron chi connectivity index (χ2n) is 5.45. The topological polar surface area (TPSA) is 93.5 Å². The average molecular weight is 386 g/mol. The van der Waals surface area contributed by atoms with Crippen molar-refractivity contribution in [3.8, 4) is 0 Å². The van der Waals surface area contributed by atoms with Crippen molar-refractivity contribution in [3.63, 3.8) is 0 Å². The number of rotatable bonds is 5. The SMILES string of the molecule is O=C(Nc1ccc(S(=O)(=O)N2CCOCC2)cc1)c1ccn(C(F)F)n1. The summed E-state index contributed by atoms with van der Waals surface area (Å²) in [5.41, 5.74) is 0.151. The van der Waals surface area contributed by atoms with Crippen LogP contribution in [0.15, 0.2) is 41.4 Å². The van der Waals surface area contributed by atoms with Crippen LogP contribution >= 0.6 is 0 Å². The summed E-state index contributed by atoms with van der Waals surface area (Å²) in [7, 11) is -3.62. The zero-order valence-corrected chi connectivity index (χ0v) is 14.3. The molecule has 1 N–H and O–H groups in total. The van der Waals surface area contributed by atoms with Crippen LogP contribution in [0.5, 0.6) is 0 Å². The number of benzene rings is 1. The molecular weight excluding hydrogens is 370 g/mol. The molecule has 0 saturated carbocycles. The first kappa shape index (κ1) is 18.4. The van der Waals surface area contributed by atoms with E-state index in [1.165, 1.54) is 34.6 Å². The lowest BCUT2D eigenvalue weighted by atomic mass is 10.3. The quantitative estimate of drug-likeness (QED) is 0.842. The van der Waals surface area contributed by atoms with E-state index in [0.29, 0.717) is 23.6 Å². The highest BCUT2D eigenvalue weighted by atomic mass is 32.2. The van der Waals surface area contributed by atoms with Crippen molar-refractivity contribution in [2.75, 3.05) is 31.6 Å². The lowest BCUT2D eigenvalue weighted by molar-refractivity contribution is 0.0561. The zero-order valence-electron chi connectivity index (χ0n) is 13.5. The van der Waals surface area contributed by atoms with Gasteiger partial charge in [0.05, 0.1) is 18.1 Å². The zero-order chi connectivity index (χ0) is 18.7. The monoisotopic (exact) mass is 386 g/mol. The van der Waals surface area contributed by atoms with Gasteiger partial charge in [0.2, 0.25) is 10.0 Å². The fourth-order valence-electron chi connectivity index (χ4n) is 2.41. The first-order chi connectivity index (χ1) is 12.4. The number of nitrogens with zero attached hydrogens (tertiary/aromatic N) is 3. The maximum Gasteiger partial charge on any atom is 0.333 e. The first-order valence-corrected chi connectivity index (χ1v) is 9.14. The van der Waals surface area contributed by atoms with Crippen LogP contribution in [0.1, 0.15) is 17.0 Å². The molecule has 0 radical (unpaired) electrons. The lowest BCUT2D eigenvalue weighted by Gasteiger charge is -2.26. The molecule has 11 heteroatoms. The predicted octanol–water partition coefficient (Wildman–Crippen LogP) is 1.55. The van der Waals surface area contributed by atoms with E-state index in [4.69, 9.17) is 4.74 Å². The van der Waals surface area contributed by atoms with Gasteiger partial charge in [0.1, 0.15) is 0 Å². The van der Waals surface area contributed by atoms with Crippen LogP contribution in [0.25, 0.3) is 0 Å². The smallest absolute Gasteiger partial charge is 0.333 e. The third-order valence-electron chi connectivity index (χ3n) is 3.76. The molecule has 1 aromatic heterocycles. The molecule has 0 atom stereocenters. The van der Waals surface area contributed by atoms with Crippen LogP contribution in [0, 0.1) is 0 Å². The highest BCUT2D eigenvalue weighted by Gasteiger charge is 2.26. The van der Waals surface area contributed by atoms with Gasteiger partial charge >= 0.3 is 6.55 Å². The number of carbonyl (C=O) groups excluding carboxylic acids is 1. The Bertz CT molecular complexity index is 877. The normalized spacial score (nSPS) is 16.0. The number of amides is 1. The molecule has 0 aliphatic carbocycles. The molecule has 0 spiro atoms. The molecular formula is C15H16F2N4O4S. The lowest BCUT2D eigenvalue weighted by Crippen LogP contribution is -2.40. The molecule has 0 unspecified atom stereocenters. The number of halogens is 2. The fraction of sp³-hybridized carbons (Fsp3) is 0.333. The van der Waals surface area contributed by atoms with Gasteiger partial charge in [-0.2, -0.15) is 18.2 Å². The van der Waals surface area contributed by atoms with Crippen LogP contribution in [0.4, 0.5) is 14.5 Å². The molecule has 1 amide bonds. The Kier molecular flexibility index (Phi) is 5.30. The third kappa shape index (κ3) is 3.89. The first-order valence-electron chi connectivity index (χ1n) is 7.70. The summed E-state index contributed by atoms with van der Waals surface area (Å²) in [6.07, 6.45) is 0.998. The Morgan fingerprint density at radius 2 is 1.81 bits per heavy atom. The average Bonchev–Trinajstić information content (AvgIpc) is 3.13. The Balaban J connectivity index is 1.70. The van der Waals surface area contributed by atoms with Crippen molar-refractivity contribution in [2.45, 2.75) is 11.4 Å². The van der Waals surface area contributed by atoms with E-state index >= 15 is 0 Å². The summed E-state index contributed by atoms with van der Waals surface area (Å²) >= 11 is 0. The predicted molar refractivity (Wildman–Crippen MR) is 87.5 cm³/mol. The van der Waals surface area contributed by atoms with Crippen LogP contribution in [0.3, 0.4) is 0 Å². The molecule has 8 nitrogen and oxygen atoms in total. The minimum absolute atomic E-state index is 0.0966. The molecule has 26 heavy (non-hydrogen) atoms. The summed E-state index contributed by atoms with van der Waals surface area (Å²) in [5, 5.41) is 5.94. The number of hydrogen-bond donors (Lipinski definition) is 1. The van der Waals surface area contributed by atoms with E-state index in [1.54, 1.807) is 0 Å². The second kappa shape index (κ2) is 7.48. The number of carbonyl (C=O) groups is 1. The van der Waals surface area contributed by atoms with E-state index in [9.17, 15) is 22.0 Å². The van der Waals surface area contributed by atoms with Crippen LogP contribution in [-0.4, -0.2) is 54.7 Å². The van der Waals surface area contributed by atoms with Gasteiger partial charge in [-0.05, 0) is 30.3 Å². The molecule has 1 aliphatic rings. The molecule has 2 aromatic rings. The van der Waals surface area contributed by atoms with Gasteiger partial charge in [-0.1, -0.05) is 0 Å². The maximum absolute atomic E-state index is 12.5. The van der Waals surface area contributed by atoms with Crippen molar-refractivity contribution in [3.05, 3.63) is 42.2 Å². The molecule has 2 heterocycles. The Morgan fingerprint density at radius 3 is 2.38 bits per heavy atom. The highest BCUT2D eigenvalue weighted by molar-refractivity contribution is 7.89. The largest absolute Gasteiger partial charge is 0.379 e. The summed E-state index contributed by atoms with van der Waals surface area (Å²) in [6.45, 7) is -1.57. The number of nitrogens with one attached hydrogen (secondary N) is 1. The van der Waals surface area contributed by atoms with Crippen molar-refractivity contribution in [1.29, 1.82) is 0 Å². The summed E-state index contributed by atoms with van der Waals surface area (Å²) in [5.74, 6) is -0.673. The van der Waals surface area contributed by atoms with Crippen molar-refractivity contribution < 1.29 is 26.7 Å². The van der Waals surface area contributed by atoms with E-state index in [1.807, 2.05) is 0 Å². The fourth-order valence-corrected chi connectivity index (χ4v) is 3.82. The maximum atomic E-state index is 12.5. The van der Waals surface area contributed by atoms with Gasteiger partial charge in [-0.3, -0.25) is 4.79 Å². The van der Waals surface area contributed by atoms with Crippen LogP contribution in [0.2, 0.25) is 0 Å². The van der Waals surface area contributed by atoms with Crippen molar-refractivity contribution in [2.24, 2.45) is 0 Å². The van der Waals surface area contributed by atoms with E-state index in [0.717, 1.165) is 6.20 Å². The molecule has 1 aliphatic heterocycles. The van der Waals surface area contributed by atoms with E-state index in [2.05, 4.69) is 10.4 Å². The van der Waals surface area contributed by atoms with Crippen molar-refractivity contribution >= 4 is 21.6 Å². The van der Waals surface area contributed by atoms with Gasteiger partial charge in [-0.15, -0.1) is 0 Å². The van der Waals surface area contributed by atoms with Crippen molar-refractivity contribution in [1.82, 2.24) is 14.1 Å². The number of ether oxygens (including phenoxy) is 1. The number of sulfonamides is 1. The molecule has 140 valence electrons. The molecule has 1 saturated heterocycles. The summed E-state index contributed by atoms with van der Waals surface area (Å²) < 4.78 is 56.8. The standard InChI is InChI=1S/C15H16F2N4O4S/c16-15(17)21-6-5-13(19-21)14(22)18-11-1-3-12(4-2-11)26(23,24)20-7-9-25-10-8-20/h1-6,15H,7-10H2,(H,18,22). The van der Waals surface area contributed by atoms with Crippen LogP contribution in [-0.2, 0) is 14.8 Å². The number of aromatic nitrogens is 2. The second-order valence-corrected chi connectivity index (χ2v) is 7.39. The van der Waals surface area contributed by atoms with Gasteiger partial charge in [0.15, 0.2) is 5.69 Å². The molecule has 1 fully saturated rings. The third-order valence-corrected chi connectivity index (χ3v) is 5.67. The summed E-state index contributed by atoms with van der Waals surface area (Å²) in [6, 6.07) is 6.76. The highest BCUT2D eigenvalue weighted by Crippen LogP contribution is 2.20. The van der Waals surface area contributed by atoms with Gasteiger partial charge in [-0.25, -0.2) is 13.1 Å². The van der Waals surface area contributed by atoms with E-state index < -0.39 is 22.5 Å². The Morgan fingerprint density at radius 1 is 1.15 bits per heavy atom. The minimum Gasteiger partial charge on any atom is -0.379 e. The van der Waals surface area contributed by atoms with Gasteiger partial charge in [0, 0.05) is 25.0 Å². The number of hydrogen-bond acceptors (Lipinski definition) is 5.